The van der Waals surface area contributed by atoms with Gasteiger partial charge in [0.1, 0.15) is 18.2 Å². The Morgan fingerprint density at radius 3 is 2.48 bits per heavy atom. The van der Waals surface area contributed by atoms with Gasteiger partial charge in [-0.05, 0) is 18.2 Å². The van der Waals surface area contributed by atoms with Crippen molar-refractivity contribution >= 4 is 0 Å². The summed E-state index contributed by atoms with van der Waals surface area (Å²) >= 11 is 0. The highest BCUT2D eigenvalue weighted by Gasteiger charge is 2.11. The molecule has 0 radical (unpaired) electrons. The lowest BCUT2D eigenvalue weighted by Gasteiger charge is -2.14. The number of methoxy groups -OCH3 is 2. The quantitative estimate of drug-likeness (QED) is 0.889. The van der Waals surface area contributed by atoms with Crippen molar-refractivity contribution in [3.05, 3.63) is 53.3 Å². The average Bonchev–Trinajstić information content (AvgIpc) is 2.53. The zero-order valence-corrected chi connectivity index (χ0v) is 12.1. The predicted octanol–water partition coefficient (Wildman–Crippen LogP) is 2.88. The number of hydrogen-bond donors (Lipinski definition) is 1. The van der Waals surface area contributed by atoms with Gasteiger partial charge >= 0.3 is 0 Å². The van der Waals surface area contributed by atoms with Gasteiger partial charge in [-0.3, -0.25) is 0 Å². The molecule has 0 bridgehead atoms. The van der Waals surface area contributed by atoms with Crippen LogP contribution in [0.2, 0.25) is 0 Å². The summed E-state index contributed by atoms with van der Waals surface area (Å²) in [5, 5.41) is 0. The van der Waals surface area contributed by atoms with E-state index in [-0.39, 0.29) is 12.4 Å². The Labute approximate surface area is 123 Å². The van der Waals surface area contributed by atoms with E-state index in [2.05, 4.69) is 0 Å². The van der Waals surface area contributed by atoms with Gasteiger partial charge in [-0.2, -0.15) is 0 Å². The molecule has 0 fully saturated rings. The van der Waals surface area contributed by atoms with Gasteiger partial charge in [-0.25, -0.2) is 4.39 Å². The van der Waals surface area contributed by atoms with Crippen molar-refractivity contribution in [1.82, 2.24) is 0 Å². The molecule has 0 atom stereocenters. The molecule has 2 aromatic rings. The van der Waals surface area contributed by atoms with Gasteiger partial charge in [-0.15, -0.1) is 0 Å². The van der Waals surface area contributed by atoms with Crippen LogP contribution in [0.5, 0.6) is 17.2 Å². The SMILES string of the molecule is COc1ccc(COc2c(CN)cccc2OC)c(F)c1. The number of benzene rings is 2. The van der Waals surface area contributed by atoms with Crippen LogP contribution in [0.1, 0.15) is 11.1 Å². The topological polar surface area (TPSA) is 53.7 Å². The van der Waals surface area contributed by atoms with E-state index in [0.717, 1.165) is 5.56 Å². The normalized spacial score (nSPS) is 10.3. The third kappa shape index (κ3) is 3.44. The molecule has 21 heavy (non-hydrogen) atoms. The van der Waals surface area contributed by atoms with E-state index < -0.39 is 0 Å². The Kier molecular flexibility index (Phi) is 5.00. The summed E-state index contributed by atoms with van der Waals surface area (Å²) in [7, 11) is 3.05. The molecule has 0 saturated carbocycles. The third-order valence-corrected chi connectivity index (χ3v) is 3.13. The van der Waals surface area contributed by atoms with E-state index in [0.29, 0.717) is 29.4 Å². The molecule has 4 nitrogen and oxygen atoms in total. The second-order valence-corrected chi connectivity index (χ2v) is 4.40. The van der Waals surface area contributed by atoms with E-state index in [9.17, 15) is 4.39 Å². The average molecular weight is 291 g/mol. The lowest BCUT2D eigenvalue weighted by Crippen LogP contribution is -2.05. The summed E-state index contributed by atoms with van der Waals surface area (Å²) in [6.45, 7) is 0.404. The van der Waals surface area contributed by atoms with E-state index in [1.807, 2.05) is 12.1 Å². The van der Waals surface area contributed by atoms with Crippen LogP contribution in [0.4, 0.5) is 4.39 Å². The minimum Gasteiger partial charge on any atom is -0.497 e. The van der Waals surface area contributed by atoms with Gasteiger partial charge in [-0.1, -0.05) is 12.1 Å². The molecule has 0 aliphatic rings. The van der Waals surface area contributed by atoms with Crippen molar-refractivity contribution in [1.29, 1.82) is 0 Å². The monoisotopic (exact) mass is 291 g/mol. The van der Waals surface area contributed by atoms with Crippen molar-refractivity contribution in [3.8, 4) is 17.2 Å². The summed E-state index contributed by atoms with van der Waals surface area (Å²) in [6, 6.07) is 10.1. The molecule has 0 amide bonds. The standard InChI is InChI=1S/C16H18FNO3/c1-19-13-7-6-12(14(17)8-13)10-21-16-11(9-18)4-3-5-15(16)20-2/h3-8H,9-10,18H2,1-2H3. The van der Waals surface area contributed by atoms with Crippen molar-refractivity contribution in [2.45, 2.75) is 13.2 Å². The maximum Gasteiger partial charge on any atom is 0.166 e. The summed E-state index contributed by atoms with van der Waals surface area (Å²) in [6.07, 6.45) is 0. The van der Waals surface area contributed by atoms with Gasteiger partial charge in [0, 0.05) is 23.7 Å². The molecule has 0 aromatic heterocycles. The highest BCUT2D eigenvalue weighted by atomic mass is 19.1. The Morgan fingerprint density at radius 2 is 1.86 bits per heavy atom. The third-order valence-electron chi connectivity index (χ3n) is 3.13. The van der Waals surface area contributed by atoms with Crippen LogP contribution in [0.15, 0.2) is 36.4 Å². The predicted molar refractivity (Wildman–Crippen MR) is 78.2 cm³/mol. The van der Waals surface area contributed by atoms with E-state index in [1.165, 1.54) is 13.2 Å². The second kappa shape index (κ2) is 6.95. The van der Waals surface area contributed by atoms with Crippen LogP contribution in [-0.4, -0.2) is 14.2 Å². The molecule has 0 spiro atoms. The number of halogens is 1. The van der Waals surface area contributed by atoms with Crippen molar-refractivity contribution in [2.24, 2.45) is 5.73 Å². The minimum atomic E-state index is -0.376. The molecule has 0 heterocycles. The highest BCUT2D eigenvalue weighted by molar-refractivity contribution is 5.46. The summed E-state index contributed by atoms with van der Waals surface area (Å²) < 4.78 is 29.8. The van der Waals surface area contributed by atoms with Crippen molar-refractivity contribution < 1.29 is 18.6 Å². The Morgan fingerprint density at radius 1 is 1.05 bits per heavy atom. The maximum absolute atomic E-state index is 13.9. The Balaban J connectivity index is 2.20. The second-order valence-electron chi connectivity index (χ2n) is 4.40. The summed E-state index contributed by atoms with van der Waals surface area (Å²) in [5.74, 6) is 1.21. The Bertz CT molecular complexity index is 594. The number of rotatable bonds is 6. The summed E-state index contributed by atoms with van der Waals surface area (Å²) in [5.41, 5.74) is 6.93. The fraction of sp³-hybridized carbons (Fsp3) is 0.250. The van der Waals surface area contributed by atoms with Crippen LogP contribution in [0.3, 0.4) is 0 Å². The molecule has 2 aromatic carbocycles. The summed E-state index contributed by atoms with van der Waals surface area (Å²) in [4.78, 5) is 0. The molecular weight excluding hydrogens is 273 g/mol. The number of nitrogens with two attached hydrogens (primary N) is 1. The van der Waals surface area contributed by atoms with Crippen molar-refractivity contribution in [2.75, 3.05) is 14.2 Å². The van der Waals surface area contributed by atoms with Gasteiger partial charge in [0.2, 0.25) is 0 Å². The van der Waals surface area contributed by atoms with E-state index in [4.69, 9.17) is 19.9 Å². The first-order valence-electron chi connectivity index (χ1n) is 6.50. The van der Waals surface area contributed by atoms with Gasteiger partial charge in [0.15, 0.2) is 11.5 Å². The number of hydrogen-bond acceptors (Lipinski definition) is 4. The number of ether oxygens (including phenoxy) is 3. The minimum absolute atomic E-state index is 0.0865. The van der Waals surface area contributed by atoms with Crippen LogP contribution in [0.25, 0.3) is 0 Å². The van der Waals surface area contributed by atoms with Crippen molar-refractivity contribution in [3.63, 3.8) is 0 Å². The van der Waals surface area contributed by atoms with Crippen LogP contribution < -0.4 is 19.9 Å². The molecular formula is C16H18FNO3. The first-order valence-corrected chi connectivity index (χ1v) is 6.50. The zero-order chi connectivity index (χ0) is 15.2. The van der Waals surface area contributed by atoms with Crippen LogP contribution in [-0.2, 0) is 13.2 Å². The Hall–Kier alpha value is -2.27. The van der Waals surface area contributed by atoms with E-state index in [1.54, 1.807) is 25.3 Å². The largest absolute Gasteiger partial charge is 0.497 e. The van der Waals surface area contributed by atoms with Gasteiger partial charge in [0.25, 0.3) is 0 Å². The van der Waals surface area contributed by atoms with E-state index >= 15 is 0 Å². The molecule has 0 aliphatic heterocycles. The van der Waals surface area contributed by atoms with Crippen LogP contribution >= 0.6 is 0 Å². The molecule has 2 N–H and O–H groups in total. The lowest BCUT2D eigenvalue weighted by atomic mass is 10.1. The first-order chi connectivity index (χ1) is 10.2. The first kappa shape index (κ1) is 15.1. The van der Waals surface area contributed by atoms with Crippen LogP contribution in [0, 0.1) is 5.82 Å². The molecule has 0 aliphatic carbocycles. The molecule has 0 saturated heterocycles. The smallest absolute Gasteiger partial charge is 0.166 e. The molecule has 2 rings (SSSR count). The fourth-order valence-electron chi connectivity index (χ4n) is 1.97. The number of para-hydroxylation sites is 1. The maximum atomic E-state index is 13.9. The highest BCUT2D eigenvalue weighted by Crippen LogP contribution is 2.31. The fourth-order valence-corrected chi connectivity index (χ4v) is 1.97. The molecule has 0 unspecified atom stereocenters. The molecule has 112 valence electrons. The van der Waals surface area contributed by atoms with Gasteiger partial charge < -0.3 is 19.9 Å². The lowest BCUT2D eigenvalue weighted by molar-refractivity contribution is 0.276. The zero-order valence-electron chi connectivity index (χ0n) is 12.1. The van der Waals surface area contributed by atoms with Gasteiger partial charge in [0.05, 0.1) is 14.2 Å². The molecule has 5 heteroatoms.